The van der Waals surface area contributed by atoms with E-state index in [0.29, 0.717) is 38.8 Å². The van der Waals surface area contributed by atoms with E-state index in [0.717, 1.165) is 38.5 Å². The lowest BCUT2D eigenvalue weighted by Gasteiger charge is -2.43. The van der Waals surface area contributed by atoms with Gasteiger partial charge in [-0.15, -0.1) is 0 Å². The van der Waals surface area contributed by atoms with Gasteiger partial charge in [0.15, 0.2) is 0 Å². The highest BCUT2D eigenvalue weighted by atomic mass is 16.5. The van der Waals surface area contributed by atoms with Crippen molar-refractivity contribution in [2.24, 2.45) is 11.8 Å². The molecule has 2 aliphatic heterocycles. The molecule has 0 unspecified atom stereocenters. The normalized spacial score (nSPS) is 37.0. The minimum absolute atomic E-state index is 0.0443. The second kappa shape index (κ2) is 6.30. The van der Waals surface area contributed by atoms with Crippen molar-refractivity contribution < 1.29 is 19.1 Å². The number of hydrogen-bond acceptors (Lipinski definition) is 4. The van der Waals surface area contributed by atoms with Crippen molar-refractivity contribution in [2.75, 3.05) is 32.9 Å². The fourth-order valence-electron chi connectivity index (χ4n) is 4.32. The van der Waals surface area contributed by atoms with E-state index in [1.165, 1.54) is 0 Å². The third kappa shape index (κ3) is 2.84. The van der Waals surface area contributed by atoms with Crippen LogP contribution in [0.3, 0.4) is 0 Å². The van der Waals surface area contributed by atoms with Gasteiger partial charge in [-0.25, -0.2) is 0 Å². The molecule has 0 radical (unpaired) electrons. The number of carbonyl (C=O) groups is 2. The van der Waals surface area contributed by atoms with Crippen molar-refractivity contribution in [1.29, 1.82) is 0 Å². The first-order valence-corrected chi connectivity index (χ1v) is 9.44. The van der Waals surface area contributed by atoms with Gasteiger partial charge in [-0.2, -0.15) is 0 Å². The zero-order valence-electron chi connectivity index (χ0n) is 14.5. The van der Waals surface area contributed by atoms with Gasteiger partial charge in [0.1, 0.15) is 11.8 Å². The quantitative estimate of drug-likeness (QED) is 0.765. The molecule has 0 N–H and O–H groups in total. The Bertz CT molecular complexity index is 505. The second-order valence-electron chi connectivity index (χ2n) is 7.88. The molecule has 1 spiro atoms. The molecule has 2 amide bonds. The third-order valence-corrected chi connectivity index (χ3v) is 6.09. The Morgan fingerprint density at radius 1 is 1.00 bits per heavy atom. The van der Waals surface area contributed by atoms with Crippen LogP contribution >= 0.6 is 0 Å². The first-order chi connectivity index (χ1) is 11.6. The minimum Gasteiger partial charge on any atom is -0.378 e. The maximum Gasteiger partial charge on any atom is 0.248 e. The van der Waals surface area contributed by atoms with Gasteiger partial charge in [0, 0.05) is 19.0 Å². The predicted octanol–water partition coefficient (Wildman–Crippen LogP) is 1.39. The zero-order valence-corrected chi connectivity index (χ0v) is 14.5. The van der Waals surface area contributed by atoms with E-state index in [1.807, 2.05) is 9.80 Å². The van der Waals surface area contributed by atoms with Gasteiger partial charge in [-0.05, 0) is 44.4 Å². The molecule has 0 aromatic carbocycles. The standard InChI is InChI=1S/C18H28N2O4/c1-13-4-6-18(7-5-13)20(16(21)14-2-3-14)15(12-24-18)17(22)19-8-10-23-11-9-19/h13-15H,2-12H2,1H3/t13?,15-,18?/m0/s1. The molecule has 134 valence electrons. The maximum atomic E-state index is 13.0. The summed E-state index contributed by atoms with van der Waals surface area (Å²) in [5, 5.41) is 0. The van der Waals surface area contributed by atoms with Crippen molar-refractivity contribution >= 4 is 11.8 Å². The van der Waals surface area contributed by atoms with Crippen LogP contribution in [-0.2, 0) is 19.1 Å². The van der Waals surface area contributed by atoms with E-state index in [4.69, 9.17) is 9.47 Å². The van der Waals surface area contributed by atoms with Gasteiger partial charge in [0.2, 0.25) is 11.8 Å². The van der Waals surface area contributed by atoms with Crippen LogP contribution in [0.4, 0.5) is 0 Å². The number of ether oxygens (including phenoxy) is 2. The van der Waals surface area contributed by atoms with Gasteiger partial charge < -0.3 is 14.4 Å². The van der Waals surface area contributed by atoms with E-state index in [2.05, 4.69) is 6.92 Å². The van der Waals surface area contributed by atoms with Crippen molar-refractivity contribution in [3.05, 3.63) is 0 Å². The van der Waals surface area contributed by atoms with E-state index >= 15 is 0 Å². The Morgan fingerprint density at radius 3 is 2.29 bits per heavy atom. The molecule has 6 heteroatoms. The molecule has 2 aliphatic carbocycles. The molecule has 2 heterocycles. The van der Waals surface area contributed by atoms with Crippen LogP contribution in [0.15, 0.2) is 0 Å². The molecule has 0 aromatic rings. The summed E-state index contributed by atoms with van der Waals surface area (Å²) < 4.78 is 11.5. The first kappa shape index (κ1) is 16.3. The molecular weight excluding hydrogens is 308 g/mol. The minimum atomic E-state index is -0.529. The van der Waals surface area contributed by atoms with Crippen molar-refractivity contribution in [3.63, 3.8) is 0 Å². The molecule has 4 fully saturated rings. The van der Waals surface area contributed by atoms with Gasteiger partial charge in [-0.1, -0.05) is 6.92 Å². The summed E-state index contributed by atoms with van der Waals surface area (Å²) >= 11 is 0. The fourth-order valence-corrected chi connectivity index (χ4v) is 4.32. The van der Waals surface area contributed by atoms with Gasteiger partial charge in [0.25, 0.3) is 0 Å². The fraction of sp³-hybridized carbons (Fsp3) is 0.889. The summed E-state index contributed by atoms with van der Waals surface area (Å²) in [5.74, 6) is 0.977. The monoisotopic (exact) mass is 336 g/mol. The summed E-state index contributed by atoms with van der Waals surface area (Å²) in [6, 6.07) is -0.440. The molecular formula is C18H28N2O4. The Morgan fingerprint density at radius 2 is 1.67 bits per heavy atom. The van der Waals surface area contributed by atoms with Crippen LogP contribution in [0.2, 0.25) is 0 Å². The topological polar surface area (TPSA) is 59.1 Å². The lowest BCUT2D eigenvalue weighted by Crippen LogP contribution is -2.58. The Labute approximate surface area is 143 Å². The smallest absolute Gasteiger partial charge is 0.248 e. The summed E-state index contributed by atoms with van der Waals surface area (Å²) in [4.78, 5) is 29.8. The predicted molar refractivity (Wildman–Crippen MR) is 87.1 cm³/mol. The molecule has 1 atom stereocenters. The van der Waals surface area contributed by atoms with Gasteiger partial charge >= 0.3 is 0 Å². The number of morpholine rings is 1. The van der Waals surface area contributed by atoms with Crippen molar-refractivity contribution in [1.82, 2.24) is 9.80 Å². The highest BCUT2D eigenvalue weighted by Gasteiger charge is 2.56. The summed E-state index contributed by atoms with van der Waals surface area (Å²) in [5.41, 5.74) is -0.529. The average molecular weight is 336 g/mol. The summed E-state index contributed by atoms with van der Waals surface area (Å²) in [6.07, 6.45) is 5.76. The number of amides is 2. The van der Waals surface area contributed by atoms with Crippen LogP contribution in [0.25, 0.3) is 0 Å². The largest absolute Gasteiger partial charge is 0.378 e. The number of hydrogen-bond donors (Lipinski definition) is 0. The number of carbonyl (C=O) groups excluding carboxylic acids is 2. The van der Waals surface area contributed by atoms with E-state index < -0.39 is 11.8 Å². The van der Waals surface area contributed by atoms with Crippen LogP contribution in [0.1, 0.15) is 45.4 Å². The highest BCUT2D eigenvalue weighted by Crippen LogP contribution is 2.45. The molecule has 2 saturated carbocycles. The Kier molecular flexibility index (Phi) is 4.29. The first-order valence-electron chi connectivity index (χ1n) is 9.44. The van der Waals surface area contributed by atoms with E-state index in [1.54, 1.807) is 0 Å². The SMILES string of the molecule is CC1CCC2(CC1)OC[C@@H](C(=O)N1CCOCC1)N2C(=O)C1CC1. The molecule has 0 bridgehead atoms. The van der Waals surface area contributed by atoms with E-state index in [-0.39, 0.29) is 17.7 Å². The Hall–Kier alpha value is -1.14. The number of rotatable bonds is 2. The lowest BCUT2D eigenvalue weighted by molar-refractivity contribution is -0.165. The molecule has 4 aliphatic rings. The summed E-state index contributed by atoms with van der Waals surface area (Å²) in [6.45, 7) is 5.00. The number of nitrogens with zero attached hydrogens (tertiary/aromatic N) is 2. The molecule has 2 saturated heterocycles. The average Bonchev–Trinajstić information content (AvgIpc) is 3.40. The van der Waals surface area contributed by atoms with E-state index in [9.17, 15) is 9.59 Å². The van der Waals surface area contributed by atoms with Crippen LogP contribution < -0.4 is 0 Å². The zero-order chi connectivity index (χ0) is 16.7. The van der Waals surface area contributed by atoms with Crippen LogP contribution in [0.5, 0.6) is 0 Å². The molecule has 6 nitrogen and oxygen atoms in total. The second-order valence-corrected chi connectivity index (χ2v) is 7.88. The highest BCUT2D eigenvalue weighted by molar-refractivity contribution is 5.90. The van der Waals surface area contributed by atoms with Crippen molar-refractivity contribution in [2.45, 2.75) is 57.2 Å². The van der Waals surface area contributed by atoms with Gasteiger partial charge in [-0.3, -0.25) is 14.5 Å². The molecule has 24 heavy (non-hydrogen) atoms. The van der Waals surface area contributed by atoms with Gasteiger partial charge in [0.05, 0.1) is 19.8 Å². The molecule has 0 aromatic heterocycles. The molecule has 4 rings (SSSR count). The van der Waals surface area contributed by atoms with Crippen molar-refractivity contribution in [3.8, 4) is 0 Å². The maximum absolute atomic E-state index is 13.0. The van der Waals surface area contributed by atoms with Crippen LogP contribution in [0, 0.1) is 11.8 Å². The Balaban J connectivity index is 1.56. The van der Waals surface area contributed by atoms with Crippen LogP contribution in [-0.4, -0.2) is 66.3 Å². The lowest BCUT2D eigenvalue weighted by atomic mass is 9.83. The third-order valence-electron chi connectivity index (χ3n) is 6.09. The summed E-state index contributed by atoms with van der Waals surface area (Å²) in [7, 11) is 0.